The smallest absolute Gasteiger partial charge is 0.329 e. The quantitative estimate of drug-likeness (QED) is 0.0989. The number of nitrogens with one attached hydrogen (secondary N) is 4. The van der Waals surface area contributed by atoms with Gasteiger partial charge in [-0.25, -0.2) is 0 Å². The molecule has 55 heavy (non-hydrogen) atoms. The number of nitrogens with two attached hydrogens (primary N) is 1. The zero-order chi connectivity index (χ0) is 39.3. The third-order valence-corrected chi connectivity index (χ3v) is 11.0. The molecule has 0 saturated carbocycles. The van der Waals surface area contributed by atoms with E-state index in [1.807, 2.05) is 72.6 Å². The summed E-state index contributed by atoms with van der Waals surface area (Å²) in [7, 11) is -2.44. The van der Waals surface area contributed by atoms with E-state index in [1.165, 1.54) is 4.90 Å². The molecule has 0 radical (unpaired) electrons. The van der Waals surface area contributed by atoms with E-state index in [1.54, 1.807) is 24.3 Å². The van der Waals surface area contributed by atoms with Gasteiger partial charge in [-0.2, -0.15) is 0 Å². The van der Waals surface area contributed by atoms with Crippen LogP contribution >= 0.6 is 7.60 Å². The first-order valence-corrected chi connectivity index (χ1v) is 20.0. The molecule has 2 aliphatic heterocycles. The number of amides is 5. The summed E-state index contributed by atoms with van der Waals surface area (Å²) < 4.78 is 11.5. The Morgan fingerprint density at radius 1 is 0.927 bits per heavy atom. The monoisotopic (exact) mass is 771 g/mol. The zero-order valence-electron chi connectivity index (χ0n) is 30.4. The van der Waals surface area contributed by atoms with Crippen molar-refractivity contribution in [3.05, 3.63) is 107 Å². The van der Waals surface area contributed by atoms with E-state index in [-0.39, 0.29) is 31.1 Å². The topological polar surface area (TPSA) is 227 Å². The summed E-state index contributed by atoms with van der Waals surface area (Å²) in [6.45, 7) is 0.784. The molecule has 0 aliphatic carbocycles. The predicted molar refractivity (Wildman–Crippen MR) is 204 cm³/mol. The summed E-state index contributed by atoms with van der Waals surface area (Å²) in [5, 5.41) is 9.29. The normalized spacial score (nSPS) is 19.7. The average molecular weight is 772 g/mol. The number of rotatable bonds is 13. The standard InChI is InChI=1S/C39H46N7O8P/c1-45-19-18-28-13-16-33(46(28)39(51)32(22-45)43-37(49)31-21-27-20-24(23-55(52,53)54)12-14-29(27)41-31)38(50)42-30(15-17-34(40)47)36(48)44-35(25-8-4-2-5-9-25)26-10-6-3-7-11-26/h2-12,14,20-21,28,30,32-33,35,41H,13,15-19,22-23H2,1H3,(H2,40,47)(H,42,50)(H,43,49)(H,44,48)(H2,52,53,54)/t28-,30+,32+,33+/m1/s1. The number of nitrogens with zero attached hydrogens (tertiary/aromatic N) is 2. The zero-order valence-corrected chi connectivity index (χ0v) is 31.3. The number of carbonyl (C=O) groups excluding carboxylic acids is 5. The van der Waals surface area contributed by atoms with Crippen LogP contribution in [0.15, 0.2) is 84.9 Å². The van der Waals surface area contributed by atoms with Crippen LogP contribution in [0.2, 0.25) is 0 Å². The van der Waals surface area contributed by atoms with E-state index in [9.17, 15) is 38.3 Å². The highest BCUT2D eigenvalue weighted by atomic mass is 31.2. The maximum absolute atomic E-state index is 14.3. The molecule has 2 fully saturated rings. The Hall–Kier alpha value is -5.34. The van der Waals surface area contributed by atoms with Crippen LogP contribution in [0.25, 0.3) is 10.9 Å². The molecule has 2 saturated heterocycles. The summed E-state index contributed by atoms with van der Waals surface area (Å²) in [6, 6.07) is 21.2. The van der Waals surface area contributed by atoms with Crippen LogP contribution in [0.4, 0.5) is 0 Å². The minimum absolute atomic E-state index is 0.0535. The minimum atomic E-state index is -4.30. The fourth-order valence-corrected chi connectivity index (χ4v) is 8.16. The van der Waals surface area contributed by atoms with Crippen LogP contribution < -0.4 is 21.7 Å². The van der Waals surface area contributed by atoms with Crippen molar-refractivity contribution in [1.82, 2.24) is 30.7 Å². The summed E-state index contributed by atoms with van der Waals surface area (Å²) in [6.07, 6.45) is 0.832. The number of likely N-dealkylation sites (N-methyl/N-ethyl adjacent to an activating group) is 1. The van der Waals surface area contributed by atoms with Gasteiger partial charge in [0.25, 0.3) is 5.91 Å². The number of fused-ring (bicyclic) bond motifs is 2. The van der Waals surface area contributed by atoms with Gasteiger partial charge in [0.15, 0.2) is 0 Å². The Bertz CT molecular complexity index is 2050. The van der Waals surface area contributed by atoms with Gasteiger partial charge in [-0.3, -0.25) is 28.5 Å². The average Bonchev–Trinajstić information content (AvgIpc) is 3.78. The predicted octanol–water partition coefficient (Wildman–Crippen LogP) is 2.30. The van der Waals surface area contributed by atoms with Gasteiger partial charge in [0.1, 0.15) is 23.8 Å². The number of carbonyl (C=O) groups is 5. The first-order chi connectivity index (χ1) is 26.3. The van der Waals surface area contributed by atoms with Crippen molar-refractivity contribution in [2.75, 3.05) is 20.1 Å². The van der Waals surface area contributed by atoms with Crippen molar-refractivity contribution in [1.29, 1.82) is 0 Å². The van der Waals surface area contributed by atoms with Gasteiger partial charge in [0, 0.05) is 29.9 Å². The molecule has 3 aromatic carbocycles. The van der Waals surface area contributed by atoms with Gasteiger partial charge < -0.3 is 46.3 Å². The number of hydrogen-bond acceptors (Lipinski definition) is 7. The SMILES string of the molecule is CN1CC[C@H]2CC[C@@H](C(=O)N[C@@H](CCC(N)=O)C(=O)NC(c3ccccc3)c3ccccc3)N2C(=O)[C@@H](NC(=O)c2cc3cc(CP(=O)(O)O)ccc3[nH]2)C1. The largest absolute Gasteiger partial charge is 0.370 e. The number of primary amides is 1. The Labute approximate surface area is 318 Å². The lowest BCUT2D eigenvalue weighted by molar-refractivity contribution is -0.144. The second kappa shape index (κ2) is 17.0. The molecule has 0 spiro atoms. The molecule has 4 atom stereocenters. The number of aromatic amines is 1. The van der Waals surface area contributed by atoms with Crippen molar-refractivity contribution >= 4 is 48.0 Å². The van der Waals surface area contributed by atoms with Gasteiger partial charge in [-0.05, 0) is 74.2 Å². The van der Waals surface area contributed by atoms with Crippen LogP contribution in [0.5, 0.6) is 0 Å². The third-order valence-electron chi connectivity index (χ3n) is 10.2. The van der Waals surface area contributed by atoms with Crippen LogP contribution in [-0.4, -0.2) is 98.4 Å². The molecule has 16 heteroatoms. The number of hydrogen-bond donors (Lipinski definition) is 7. The third kappa shape index (κ3) is 9.86. The fourth-order valence-electron chi connectivity index (χ4n) is 7.49. The Morgan fingerprint density at radius 2 is 1.60 bits per heavy atom. The molecule has 3 heterocycles. The van der Waals surface area contributed by atoms with Gasteiger partial charge in [0.2, 0.25) is 23.6 Å². The van der Waals surface area contributed by atoms with Gasteiger partial charge >= 0.3 is 7.60 Å². The highest BCUT2D eigenvalue weighted by Crippen LogP contribution is 2.39. The second-order valence-corrected chi connectivity index (χ2v) is 16.0. The van der Waals surface area contributed by atoms with Gasteiger partial charge in [-0.1, -0.05) is 66.7 Å². The molecule has 8 N–H and O–H groups in total. The van der Waals surface area contributed by atoms with Crippen LogP contribution in [0, 0.1) is 0 Å². The summed E-state index contributed by atoms with van der Waals surface area (Å²) in [5.74, 6) is -2.69. The molecule has 4 aromatic rings. The molecule has 2 aliphatic rings. The summed E-state index contributed by atoms with van der Waals surface area (Å²) in [5.41, 5.74) is 8.25. The van der Waals surface area contributed by atoms with Crippen LogP contribution in [-0.2, 0) is 29.9 Å². The van der Waals surface area contributed by atoms with Crippen molar-refractivity contribution in [2.24, 2.45) is 5.73 Å². The fraction of sp³-hybridized carbons (Fsp3) is 0.359. The van der Waals surface area contributed by atoms with Crippen molar-refractivity contribution in [3.63, 3.8) is 0 Å². The van der Waals surface area contributed by atoms with Crippen LogP contribution in [0.3, 0.4) is 0 Å². The Kier molecular flexibility index (Phi) is 12.2. The summed E-state index contributed by atoms with van der Waals surface area (Å²) in [4.78, 5) is 93.1. The minimum Gasteiger partial charge on any atom is -0.370 e. The summed E-state index contributed by atoms with van der Waals surface area (Å²) >= 11 is 0. The molecule has 0 bridgehead atoms. The van der Waals surface area contributed by atoms with Crippen molar-refractivity contribution in [2.45, 2.75) is 68.5 Å². The van der Waals surface area contributed by atoms with E-state index >= 15 is 0 Å². The van der Waals surface area contributed by atoms with E-state index < -0.39 is 67.5 Å². The number of aromatic nitrogens is 1. The van der Waals surface area contributed by atoms with Gasteiger partial charge in [-0.15, -0.1) is 0 Å². The molecule has 5 amide bonds. The maximum Gasteiger partial charge on any atom is 0.329 e. The Balaban J connectivity index is 1.19. The molecule has 6 rings (SSSR count). The van der Waals surface area contributed by atoms with Crippen LogP contribution in [0.1, 0.15) is 65.3 Å². The molecular formula is C39H46N7O8P. The first-order valence-electron chi connectivity index (χ1n) is 18.2. The number of benzene rings is 3. The molecule has 15 nitrogen and oxygen atoms in total. The Morgan fingerprint density at radius 3 is 2.24 bits per heavy atom. The van der Waals surface area contributed by atoms with Crippen molar-refractivity contribution < 1.29 is 38.3 Å². The van der Waals surface area contributed by atoms with Gasteiger partial charge in [0.05, 0.1) is 12.2 Å². The lowest BCUT2D eigenvalue weighted by Crippen LogP contribution is -2.61. The van der Waals surface area contributed by atoms with E-state index in [4.69, 9.17) is 5.73 Å². The van der Waals surface area contributed by atoms with E-state index in [0.29, 0.717) is 42.3 Å². The highest BCUT2D eigenvalue weighted by molar-refractivity contribution is 7.50. The first kappa shape index (κ1) is 39.4. The van der Waals surface area contributed by atoms with E-state index in [2.05, 4.69) is 20.9 Å². The number of H-pyrrole nitrogens is 1. The molecular weight excluding hydrogens is 725 g/mol. The lowest BCUT2D eigenvalue weighted by Gasteiger charge is -2.38. The van der Waals surface area contributed by atoms with Crippen molar-refractivity contribution in [3.8, 4) is 0 Å². The highest BCUT2D eigenvalue weighted by Gasteiger charge is 2.45. The maximum atomic E-state index is 14.3. The molecule has 1 aromatic heterocycles. The lowest BCUT2D eigenvalue weighted by atomic mass is 9.98. The molecule has 290 valence electrons. The van der Waals surface area contributed by atoms with E-state index in [0.717, 1.165) is 11.1 Å². The molecule has 0 unspecified atom stereocenters. The second-order valence-electron chi connectivity index (χ2n) is 14.3.